The number of oxime groups is 1. The first-order chi connectivity index (χ1) is 15.3. The van der Waals surface area contributed by atoms with E-state index in [1.165, 1.54) is 31.4 Å². The lowest BCUT2D eigenvalue weighted by Gasteiger charge is -2.23. The van der Waals surface area contributed by atoms with E-state index in [0.29, 0.717) is 18.6 Å². The number of halogens is 2. The zero-order valence-corrected chi connectivity index (χ0v) is 19.3. The molecule has 0 amide bonds. The number of ether oxygens (including phenoxy) is 2. The second-order valence-electron chi connectivity index (χ2n) is 7.56. The van der Waals surface area contributed by atoms with E-state index in [2.05, 4.69) is 12.1 Å². The molecule has 2 aromatic carbocycles. The summed E-state index contributed by atoms with van der Waals surface area (Å²) in [6, 6.07) is 12.1. The Kier molecular flexibility index (Phi) is 7.70. The van der Waals surface area contributed by atoms with Crippen LogP contribution in [-0.2, 0) is 14.4 Å². The van der Waals surface area contributed by atoms with Gasteiger partial charge in [-0.25, -0.2) is 9.18 Å². The molecule has 168 valence electrons. The van der Waals surface area contributed by atoms with Crippen LogP contribution in [0.4, 0.5) is 4.39 Å². The molecule has 0 atom stereocenters. The minimum atomic E-state index is -0.554. The zero-order chi connectivity index (χ0) is 23.3. The van der Waals surface area contributed by atoms with Gasteiger partial charge in [0.1, 0.15) is 25.3 Å². The number of nitrogens with zero attached hydrogens (tertiary/aromatic N) is 1. The maximum atomic E-state index is 13.5. The highest BCUT2D eigenvalue weighted by Gasteiger charge is 2.26. The summed E-state index contributed by atoms with van der Waals surface area (Å²) in [4.78, 5) is 17.2. The highest BCUT2D eigenvalue weighted by molar-refractivity contribution is 6.43. The van der Waals surface area contributed by atoms with Gasteiger partial charge in [0.15, 0.2) is 5.71 Å². The normalized spacial score (nSPS) is 14.5. The molecule has 1 aliphatic carbocycles. The van der Waals surface area contributed by atoms with Crippen LogP contribution in [0.5, 0.6) is 5.75 Å². The molecule has 0 spiro atoms. The molecule has 7 heteroatoms. The predicted molar refractivity (Wildman–Crippen MR) is 123 cm³/mol. The van der Waals surface area contributed by atoms with Crippen molar-refractivity contribution in [2.45, 2.75) is 26.7 Å². The molecule has 0 radical (unpaired) electrons. The number of benzene rings is 2. The number of rotatable bonds is 7. The number of hydrogen-bond acceptors (Lipinski definition) is 5. The first kappa shape index (κ1) is 23.5. The van der Waals surface area contributed by atoms with Crippen LogP contribution in [0.3, 0.4) is 0 Å². The Labute approximate surface area is 192 Å². The van der Waals surface area contributed by atoms with Gasteiger partial charge in [0, 0.05) is 0 Å². The molecule has 0 aliphatic heterocycles. The van der Waals surface area contributed by atoms with Crippen LogP contribution in [0.2, 0.25) is 5.02 Å². The number of allylic oxidation sites excluding steroid dienone is 2. The Morgan fingerprint density at radius 1 is 1.06 bits per heavy atom. The number of esters is 1. The van der Waals surface area contributed by atoms with E-state index in [-0.39, 0.29) is 17.3 Å². The van der Waals surface area contributed by atoms with Crippen molar-refractivity contribution in [3.63, 3.8) is 0 Å². The molecule has 0 saturated heterocycles. The molecule has 0 unspecified atom stereocenters. The molecule has 2 aromatic rings. The van der Waals surface area contributed by atoms with Crippen molar-refractivity contribution in [1.82, 2.24) is 0 Å². The van der Waals surface area contributed by atoms with Gasteiger partial charge in [-0.15, -0.1) is 0 Å². The molecule has 32 heavy (non-hydrogen) atoms. The Bertz CT molecular complexity index is 1120. The third kappa shape index (κ3) is 5.37. The molecule has 0 heterocycles. The van der Waals surface area contributed by atoms with E-state index in [0.717, 1.165) is 22.3 Å². The Morgan fingerprint density at radius 3 is 2.47 bits per heavy atom. The lowest BCUT2D eigenvalue weighted by molar-refractivity contribution is -0.132. The summed E-state index contributed by atoms with van der Waals surface area (Å²) in [5, 5.41) is 3.98. The zero-order valence-electron chi connectivity index (χ0n) is 18.5. The highest BCUT2D eigenvalue weighted by atomic mass is 35.5. The van der Waals surface area contributed by atoms with Crippen molar-refractivity contribution in [1.29, 1.82) is 0 Å². The summed E-state index contributed by atoms with van der Waals surface area (Å²) in [7, 11) is 2.71. The van der Waals surface area contributed by atoms with Crippen LogP contribution >= 0.6 is 11.6 Å². The Balaban J connectivity index is 1.88. The molecule has 0 aromatic heterocycles. The monoisotopic (exact) mass is 457 g/mol. The first-order valence-corrected chi connectivity index (χ1v) is 10.5. The van der Waals surface area contributed by atoms with Crippen molar-refractivity contribution in [3.8, 4) is 16.9 Å². The van der Waals surface area contributed by atoms with E-state index < -0.39 is 11.8 Å². The summed E-state index contributed by atoms with van der Waals surface area (Å²) < 4.78 is 24.5. The van der Waals surface area contributed by atoms with Crippen molar-refractivity contribution < 1.29 is 23.5 Å². The number of carbonyl (C=O) groups is 1. The van der Waals surface area contributed by atoms with Crippen molar-refractivity contribution >= 4 is 23.3 Å². The molecule has 3 rings (SSSR count). The predicted octanol–water partition coefficient (Wildman–Crippen LogP) is 6.13. The second-order valence-corrected chi connectivity index (χ2v) is 7.96. The number of methoxy groups -OCH3 is 1. The molecule has 0 N–H and O–H groups in total. The first-order valence-electron chi connectivity index (χ1n) is 10.1. The molecule has 1 aliphatic rings. The minimum absolute atomic E-state index is 0.0660. The van der Waals surface area contributed by atoms with E-state index in [1.807, 2.05) is 31.2 Å². The van der Waals surface area contributed by atoms with Crippen molar-refractivity contribution in [2.75, 3.05) is 20.8 Å². The van der Waals surface area contributed by atoms with Gasteiger partial charge < -0.3 is 14.3 Å². The van der Waals surface area contributed by atoms with Crippen LogP contribution in [0, 0.1) is 5.82 Å². The highest BCUT2D eigenvalue weighted by Crippen LogP contribution is 2.32. The van der Waals surface area contributed by atoms with Crippen LogP contribution in [-0.4, -0.2) is 32.5 Å². The second kappa shape index (κ2) is 10.5. The van der Waals surface area contributed by atoms with Crippen LogP contribution in [0.1, 0.15) is 26.7 Å². The maximum Gasteiger partial charge on any atom is 0.360 e. The van der Waals surface area contributed by atoms with Gasteiger partial charge in [-0.3, -0.25) is 0 Å². The van der Waals surface area contributed by atoms with Crippen LogP contribution in [0.25, 0.3) is 11.1 Å². The molecular weight excluding hydrogens is 433 g/mol. The smallest absolute Gasteiger partial charge is 0.360 e. The van der Waals surface area contributed by atoms with E-state index in [4.69, 9.17) is 25.9 Å². The van der Waals surface area contributed by atoms with Gasteiger partial charge in [0.25, 0.3) is 0 Å². The standard InChI is InChI=1S/C25H25ClFNO4/c1-15-10-19(21(11-16(15)2)24(28-31-4)25(29)30-3)14-32-20-7-5-6-17(12-20)18-8-9-23(27)22(26)13-18/h5-9,12-13H,10-11,14H2,1-4H3. The Hall–Kier alpha value is -3.12. The summed E-state index contributed by atoms with van der Waals surface area (Å²) in [6.45, 7) is 4.37. The van der Waals surface area contributed by atoms with Crippen LogP contribution in [0.15, 0.2) is 69.9 Å². The molecule has 0 bridgehead atoms. The average Bonchev–Trinajstić information content (AvgIpc) is 2.79. The fourth-order valence-electron chi connectivity index (χ4n) is 3.52. The molecule has 5 nitrogen and oxygen atoms in total. The summed E-state index contributed by atoms with van der Waals surface area (Å²) in [6.07, 6.45) is 1.23. The average molecular weight is 458 g/mol. The van der Waals surface area contributed by atoms with E-state index >= 15 is 0 Å². The third-order valence-corrected chi connectivity index (χ3v) is 5.71. The van der Waals surface area contributed by atoms with Gasteiger partial charge in [0.05, 0.1) is 12.1 Å². The van der Waals surface area contributed by atoms with Crippen LogP contribution < -0.4 is 4.74 Å². The van der Waals surface area contributed by atoms with Gasteiger partial charge in [-0.2, -0.15) is 0 Å². The fourth-order valence-corrected chi connectivity index (χ4v) is 3.70. The molecule has 0 saturated carbocycles. The lowest BCUT2D eigenvalue weighted by Crippen LogP contribution is -2.24. The number of carbonyl (C=O) groups excluding carboxylic acids is 1. The molecular formula is C25H25ClFNO4. The topological polar surface area (TPSA) is 57.1 Å². The van der Waals surface area contributed by atoms with E-state index in [9.17, 15) is 9.18 Å². The lowest BCUT2D eigenvalue weighted by atomic mass is 9.85. The fraction of sp³-hybridized carbons (Fsp3) is 0.280. The SMILES string of the molecule is CON=C(C(=O)OC)C1=C(COc2cccc(-c3ccc(F)c(Cl)c3)c2)CC(C)=C(C)C1. The summed E-state index contributed by atoms with van der Waals surface area (Å²) in [5.74, 6) is -0.374. The summed E-state index contributed by atoms with van der Waals surface area (Å²) >= 11 is 5.92. The van der Waals surface area contributed by atoms with Crippen molar-refractivity contribution in [3.05, 3.63) is 75.6 Å². The van der Waals surface area contributed by atoms with Gasteiger partial charge in [0.2, 0.25) is 0 Å². The Morgan fingerprint density at radius 2 is 1.78 bits per heavy atom. The summed E-state index contributed by atoms with van der Waals surface area (Å²) in [5.41, 5.74) is 5.87. The van der Waals surface area contributed by atoms with Crippen molar-refractivity contribution in [2.24, 2.45) is 5.16 Å². The number of hydrogen-bond donors (Lipinski definition) is 0. The van der Waals surface area contributed by atoms with Gasteiger partial charge >= 0.3 is 5.97 Å². The minimum Gasteiger partial charge on any atom is -0.489 e. The third-order valence-electron chi connectivity index (χ3n) is 5.42. The molecule has 0 fully saturated rings. The van der Waals surface area contributed by atoms with Gasteiger partial charge in [-0.1, -0.05) is 46.1 Å². The largest absolute Gasteiger partial charge is 0.489 e. The maximum absolute atomic E-state index is 13.5. The van der Waals surface area contributed by atoms with E-state index in [1.54, 1.807) is 12.1 Å². The quantitative estimate of drug-likeness (QED) is 0.217. The van der Waals surface area contributed by atoms with Gasteiger partial charge in [-0.05, 0) is 73.2 Å².